The van der Waals surface area contributed by atoms with Crippen LogP contribution < -0.4 is 19.7 Å². The number of phenolic OH excluding ortho intramolecular Hbond substituents is 3. The van der Waals surface area contributed by atoms with Crippen molar-refractivity contribution >= 4 is 34.0 Å². The third kappa shape index (κ3) is 11.7. The van der Waals surface area contributed by atoms with Gasteiger partial charge in [-0.2, -0.15) is 0 Å². The molecule has 0 radical (unpaired) electrons. The lowest BCUT2D eigenvalue weighted by Crippen LogP contribution is -2.38. The van der Waals surface area contributed by atoms with Crippen LogP contribution in [0.4, 0.5) is 5.69 Å². The van der Waals surface area contributed by atoms with E-state index in [0.717, 1.165) is 62.1 Å². The number of fused-ring (bicyclic) bond motifs is 4. The molecule has 0 unspecified atom stereocenters. The topological polar surface area (TPSA) is 176 Å². The number of ether oxygens (including phenoxy) is 3. The summed E-state index contributed by atoms with van der Waals surface area (Å²) in [4.78, 5) is 46.7. The minimum Gasteiger partial charge on any atom is -0.508 e. The molecule has 5 N–H and O–H groups in total. The van der Waals surface area contributed by atoms with Gasteiger partial charge in [0.05, 0.1) is 18.8 Å². The molecule has 7 aromatic rings. The van der Waals surface area contributed by atoms with E-state index in [1.54, 1.807) is 31.2 Å². The Morgan fingerprint density at radius 3 is 2.49 bits per heavy atom. The molecule has 1 spiro atoms. The van der Waals surface area contributed by atoms with Crippen LogP contribution in [0.5, 0.6) is 34.5 Å². The van der Waals surface area contributed by atoms with Gasteiger partial charge in [-0.15, -0.1) is 0 Å². The van der Waals surface area contributed by atoms with Gasteiger partial charge in [-0.3, -0.25) is 14.4 Å². The molecule has 414 valence electrons. The Hall–Kier alpha value is -8.97. The summed E-state index contributed by atoms with van der Waals surface area (Å²) in [6, 6.07) is 31.0. The largest absolute Gasteiger partial charge is 0.508 e. The quantitative estimate of drug-likeness (QED) is 0.0616. The molecule has 81 heavy (non-hydrogen) atoms. The van der Waals surface area contributed by atoms with Gasteiger partial charge < -0.3 is 49.3 Å². The van der Waals surface area contributed by atoms with Gasteiger partial charge in [0.25, 0.3) is 0 Å². The SMILES string of the molecule is COc1cc([C@@H]2CC(=O)C[C@H](OC(C)=O)CC[C@]34C=CC=C[C@@H]3CC=C[C@@H]4c3c[nH]cc3C[C@@H](c3cccc(O)c3)C3=CCNC(=C3)N(CCC(C)=O)c3cccc4cn2cc34)cc(O)c1Oc1cc(O)cc(Cc2ccccc2)c1. The number of dihydropyridines is 1. The van der Waals surface area contributed by atoms with Crippen LogP contribution >= 0.6 is 0 Å². The first-order chi connectivity index (χ1) is 39.3. The molecule has 13 nitrogen and oxygen atoms in total. The molecule has 2 aromatic heterocycles. The number of allylic oxidation sites excluding steroid dienone is 8. The minimum atomic E-state index is -0.740. The van der Waals surface area contributed by atoms with Crippen molar-refractivity contribution in [1.82, 2.24) is 14.9 Å². The van der Waals surface area contributed by atoms with Crippen LogP contribution in [0.2, 0.25) is 0 Å². The predicted molar refractivity (Wildman–Crippen MR) is 314 cm³/mol. The van der Waals surface area contributed by atoms with Crippen LogP contribution in [0.15, 0.2) is 188 Å². The van der Waals surface area contributed by atoms with E-state index in [4.69, 9.17) is 14.2 Å². The predicted octanol–water partition coefficient (Wildman–Crippen LogP) is 13.1. The summed E-state index contributed by atoms with van der Waals surface area (Å²) in [5.74, 6) is 0.540. The number of phenols is 3. The van der Waals surface area contributed by atoms with E-state index in [1.807, 2.05) is 83.7 Å². The number of ketones is 2. The van der Waals surface area contributed by atoms with Crippen molar-refractivity contribution in [3.05, 3.63) is 221 Å². The fraction of sp³-hybridized carbons (Fsp3) is 0.279. The van der Waals surface area contributed by atoms with E-state index < -0.39 is 23.5 Å². The third-order valence-electron chi connectivity index (χ3n) is 16.6. The summed E-state index contributed by atoms with van der Waals surface area (Å²) in [5.41, 5.74) is 7.10. The maximum atomic E-state index is 15.1. The third-order valence-corrected chi connectivity index (χ3v) is 16.6. The van der Waals surface area contributed by atoms with Crippen LogP contribution in [0.25, 0.3) is 10.8 Å². The molecular formula is C68H68N4O9. The number of aromatic nitrogens is 2. The van der Waals surface area contributed by atoms with Crippen LogP contribution in [0.3, 0.4) is 0 Å². The number of carbonyl (C=O) groups excluding carboxylic acids is 3. The number of nitrogens with zero attached hydrogens (tertiary/aromatic N) is 2. The molecule has 0 saturated carbocycles. The van der Waals surface area contributed by atoms with E-state index in [0.29, 0.717) is 50.1 Å². The summed E-state index contributed by atoms with van der Waals surface area (Å²) in [6.07, 6.45) is 28.4. The second-order valence-corrected chi connectivity index (χ2v) is 22.0. The minimum absolute atomic E-state index is 0.00143. The molecule has 4 bridgehead atoms. The maximum absolute atomic E-state index is 15.1. The Labute approximate surface area is 472 Å². The van der Waals surface area contributed by atoms with Gasteiger partial charge in [0.15, 0.2) is 11.5 Å². The summed E-state index contributed by atoms with van der Waals surface area (Å²) in [5, 5.41) is 39.3. The highest BCUT2D eigenvalue weighted by Gasteiger charge is 2.46. The summed E-state index contributed by atoms with van der Waals surface area (Å²) < 4.78 is 20.4. The van der Waals surface area contributed by atoms with Crippen molar-refractivity contribution in [2.24, 2.45) is 11.3 Å². The number of methoxy groups -OCH3 is 1. The molecule has 13 heteroatoms. The van der Waals surface area contributed by atoms with Gasteiger partial charge in [0.1, 0.15) is 40.7 Å². The Kier molecular flexibility index (Phi) is 15.6. The number of rotatable bonds is 11. The highest BCUT2D eigenvalue weighted by Crippen LogP contribution is 2.55. The van der Waals surface area contributed by atoms with Crippen LogP contribution in [0.1, 0.15) is 104 Å². The van der Waals surface area contributed by atoms with Gasteiger partial charge in [0.2, 0.25) is 5.75 Å². The van der Waals surface area contributed by atoms with Crippen LogP contribution in [-0.4, -0.2) is 68.7 Å². The Morgan fingerprint density at radius 1 is 0.827 bits per heavy atom. The van der Waals surface area contributed by atoms with Gasteiger partial charge in [-0.1, -0.05) is 97.1 Å². The number of aromatic amines is 1. The van der Waals surface area contributed by atoms with Gasteiger partial charge in [-0.05, 0) is 132 Å². The molecule has 4 aliphatic rings. The Balaban J connectivity index is 1.05. The zero-order valence-electron chi connectivity index (χ0n) is 45.9. The average molecular weight is 1090 g/mol. The van der Waals surface area contributed by atoms with Crippen molar-refractivity contribution in [3.63, 3.8) is 0 Å². The fourth-order valence-corrected chi connectivity index (χ4v) is 12.8. The lowest BCUT2D eigenvalue weighted by atomic mass is 9.57. The number of Topliss-reactive ketones (excluding diaryl/α,β-unsaturated/α-hetero) is 2. The summed E-state index contributed by atoms with van der Waals surface area (Å²) >= 11 is 0. The number of hydrogen-bond donors (Lipinski definition) is 5. The Morgan fingerprint density at radius 2 is 1.68 bits per heavy atom. The molecule has 4 heterocycles. The number of esters is 1. The average Bonchev–Trinajstić information content (AvgIpc) is 4.36. The zero-order valence-corrected chi connectivity index (χ0v) is 45.9. The first-order valence-corrected chi connectivity index (χ1v) is 27.9. The molecule has 6 atom stereocenters. The number of H-pyrrole nitrogens is 1. The molecule has 0 fully saturated rings. The number of aromatic hydroxyl groups is 3. The maximum Gasteiger partial charge on any atom is 0.302 e. The molecule has 0 saturated heterocycles. The second-order valence-electron chi connectivity index (χ2n) is 22.0. The lowest BCUT2D eigenvalue weighted by Gasteiger charge is -2.47. The monoisotopic (exact) mass is 1080 g/mol. The van der Waals surface area contributed by atoms with E-state index >= 15 is 4.79 Å². The normalized spacial score (nSPS) is 21.8. The van der Waals surface area contributed by atoms with Gasteiger partial charge in [-0.25, -0.2) is 0 Å². The standard InChI is InChI=1S/C68H68N4O9/c1-43(73)23-27-72-62-20-10-15-49-41-71(42-60(49)62)63(50-33-64(78)67(65(34-50)79-3)81-57-30-46(29-54(76)37-57)28-45-12-5-4-6-13-45)38-55(77)36-56(80-44(2)74)21-25-68-24-8-7-16-52(68)17-11-19-61(68)59-40-69-39-51(59)32-58(47-14-9-18-53(75)31-47)48-22-26-70-66(72)35-48/h4-16,18-20,22,24,29-31,33-35,37,39-42,52,56,58,61,63,69-70,75-76,78H,17,21,23,25-28,32,36,38H2,1-3H3/t52-,56-,58+,61-,63+,68-/m1/s1. The Bertz CT molecular complexity index is 3660. The summed E-state index contributed by atoms with van der Waals surface area (Å²) in [7, 11) is 1.48. The van der Waals surface area contributed by atoms with Crippen LogP contribution in [0, 0.1) is 11.3 Å². The van der Waals surface area contributed by atoms with Crippen molar-refractivity contribution in [3.8, 4) is 34.5 Å². The van der Waals surface area contributed by atoms with Crippen molar-refractivity contribution in [1.29, 1.82) is 0 Å². The highest BCUT2D eigenvalue weighted by molar-refractivity contribution is 5.95. The summed E-state index contributed by atoms with van der Waals surface area (Å²) in [6.45, 7) is 3.86. The van der Waals surface area contributed by atoms with E-state index in [9.17, 15) is 24.9 Å². The first-order valence-electron chi connectivity index (χ1n) is 27.9. The number of nitrogens with one attached hydrogen (secondary N) is 2. The molecule has 5 aromatic carbocycles. The second kappa shape index (κ2) is 23.4. The van der Waals surface area contributed by atoms with Gasteiger partial charge >= 0.3 is 5.97 Å². The number of anilines is 1. The number of hydrogen-bond acceptors (Lipinski definition) is 11. The van der Waals surface area contributed by atoms with Crippen molar-refractivity contribution in [2.45, 2.75) is 89.2 Å². The van der Waals surface area contributed by atoms with Crippen LogP contribution in [-0.2, 0) is 32.0 Å². The number of benzene rings is 5. The first kappa shape index (κ1) is 54.0. The fourth-order valence-electron chi connectivity index (χ4n) is 12.8. The number of carbonyl (C=O) groups is 3. The van der Waals surface area contributed by atoms with Crippen molar-refractivity contribution in [2.75, 3.05) is 25.1 Å². The van der Waals surface area contributed by atoms with Crippen molar-refractivity contribution < 1.29 is 43.9 Å². The highest BCUT2D eigenvalue weighted by atomic mass is 16.5. The van der Waals surface area contributed by atoms with E-state index in [-0.39, 0.29) is 77.3 Å². The lowest BCUT2D eigenvalue weighted by molar-refractivity contribution is -0.148. The molecule has 2 aliphatic carbocycles. The molecule has 2 aliphatic heterocycles. The smallest absolute Gasteiger partial charge is 0.302 e. The molecular weight excluding hydrogens is 1020 g/mol. The van der Waals surface area contributed by atoms with E-state index in [1.165, 1.54) is 20.1 Å². The molecule has 0 amide bonds. The van der Waals surface area contributed by atoms with E-state index in [2.05, 4.69) is 82.3 Å². The molecule has 11 rings (SSSR count). The zero-order chi connectivity index (χ0) is 56.2. The van der Waals surface area contributed by atoms with Gasteiger partial charge in [0, 0.05) is 98.2 Å².